The number of nitrogens with zero attached hydrogens (tertiary/aromatic N) is 2. The van der Waals surface area contributed by atoms with Gasteiger partial charge >= 0.3 is 12.1 Å². The van der Waals surface area contributed by atoms with Crippen LogP contribution in [0.2, 0.25) is 0 Å². The monoisotopic (exact) mass is 306 g/mol. The predicted octanol–water partition coefficient (Wildman–Crippen LogP) is 3.43. The molecule has 0 atom stereocenters. The molecule has 0 aliphatic heterocycles. The van der Waals surface area contributed by atoms with Crippen molar-refractivity contribution in [3.8, 4) is 17.3 Å². The molecule has 7 heteroatoms. The maximum absolute atomic E-state index is 12.5. The first-order chi connectivity index (χ1) is 10.4. The Morgan fingerprint density at radius 1 is 1.27 bits per heavy atom. The van der Waals surface area contributed by atoms with Crippen LogP contribution in [0.25, 0.3) is 11.3 Å². The zero-order valence-electron chi connectivity index (χ0n) is 11.3. The molecule has 0 saturated carbocycles. The second-order valence-electron chi connectivity index (χ2n) is 4.29. The number of carbonyl (C=O) groups excluding carboxylic acids is 1. The van der Waals surface area contributed by atoms with Crippen molar-refractivity contribution in [2.75, 3.05) is 7.11 Å². The van der Waals surface area contributed by atoms with Gasteiger partial charge in [0, 0.05) is 11.8 Å². The summed E-state index contributed by atoms with van der Waals surface area (Å²) in [5.41, 5.74) is -0.0424. The van der Waals surface area contributed by atoms with E-state index in [1.54, 1.807) is 0 Å². The zero-order valence-corrected chi connectivity index (χ0v) is 11.3. The molecule has 0 aliphatic carbocycles. The summed E-state index contributed by atoms with van der Waals surface area (Å²) in [7, 11) is 1.17. The fourth-order valence-corrected chi connectivity index (χ4v) is 1.81. The second-order valence-corrected chi connectivity index (χ2v) is 4.29. The van der Waals surface area contributed by atoms with Gasteiger partial charge in [0.15, 0.2) is 0 Å². The van der Waals surface area contributed by atoms with E-state index < -0.39 is 17.7 Å². The molecule has 1 heterocycles. The molecule has 1 aromatic heterocycles. The molecule has 0 unspecified atom stereocenters. The van der Waals surface area contributed by atoms with Gasteiger partial charge in [0.25, 0.3) is 0 Å². The Hall–Kier alpha value is -2.88. The molecule has 22 heavy (non-hydrogen) atoms. The van der Waals surface area contributed by atoms with Crippen LogP contribution in [0.5, 0.6) is 0 Å². The van der Waals surface area contributed by atoms with Crippen LogP contribution in [0.15, 0.2) is 36.5 Å². The van der Waals surface area contributed by atoms with Gasteiger partial charge in [-0.15, -0.1) is 0 Å². The maximum Gasteiger partial charge on any atom is 0.416 e. The third-order valence-electron chi connectivity index (χ3n) is 2.94. The minimum atomic E-state index is -4.42. The summed E-state index contributed by atoms with van der Waals surface area (Å²) in [6.45, 7) is 0. The van der Waals surface area contributed by atoms with Crippen molar-refractivity contribution >= 4 is 5.97 Å². The van der Waals surface area contributed by atoms with Crippen LogP contribution < -0.4 is 0 Å². The maximum atomic E-state index is 12.5. The molecule has 0 fully saturated rings. The van der Waals surface area contributed by atoms with Gasteiger partial charge in [-0.25, -0.2) is 4.79 Å². The van der Waals surface area contributed by atoms with Crippen LogP contribution in [0.3, 0.4) is 0 Å². The number of carbonyl (C=O) groups is 1. The molecule has 0 aliphatic rings. The highest BCUT2D eigenvalue weighted by molar-refractivity contribution is 5.92. The number of ether oxygens (including phenoxy) is 1. The molecular formula is C15H9F3N2O2. The van der Waals surface area contributed by atoms with Crippen LogP contribution in [0, 0.1) is 11.3 Å². The van der Waals surface area contributed by atoms with E-state index in [0.717, 1.165) is 18.3 Å². The van der Waals surface area contributed by atoms with Crippen LogP contribution in [-0.2, 0) is 10.9 Å². The van der Waals surface area contributed by atoms with Crippen LogP contribution in [-0.4, -0.2) is 18.1 Å². The highest BCUT2D eigenvalue weighted by Crippen LogP contribution is 2.30. The largest absolute Gasteiger partial charge is 0.465 e. The Balaban J connectivity index is 2.42. The van der Waals surface area contributed by atoms with Gasteiger partial charge < -0.3 is 4.74 Å². The number of halogens is 3. The number of alkyl halides is 3. The van der Waals surface area contributed by atoms with Crippen molar-refractivity contribution in [1.82, 2.24) is 4.98 Å². The van der Waals surface area contributed by atoms with Crippen LogP contribution in [0.4, 0.5) is 13.2 Å². The van der Waals surface area contributed by atoms with Crippen molar-refractivity contribution in [2.24, 2.45) is 0 Å². The van der Waals surface area contributed by atoms with Crippen molar-refractivity contribution in [2.45, 2.75) is 6.18 Å². The fraction of sp³-hybridized carbons (Fsp3) is 0.133. The van der Waals surface area contributed by atoms with E-state index in [1.807, 2.05) is 6.07 Å². The number of nitriles is 1. The third kappa shape index (κ3) is 3.06. The first kappa shape index (κ1) is 15.5. The van der Waals surface area contributed by atoms with Crippen molar-refractivity contribution < 1.29 is 22.7 Å². The lowest BCUT2D eigenvalue weighted by Gasteiger charge is -2.08. The third-order valence-corrected chi connectivity index (χ3v) is 2.94. The van der Waals surface area contributed by atoms with Crippen molar-refractivity contribution in [3.05, 3.63) is 53.2 Å². The molecule has 0 radical (unpaired) electrons. The van der Waals surface area contributed by atoms with Crippen molar-refractivity contribution in [1.29, 1.82) is 5.26 Å². The summed E-state index contributed by atoms with van der Waals surface area (Å²) in [5.74, 6) is -0.706. The van der Waals surface area contributed by atoms with Gasteiger partial charge in [0.2, 0.25) is 0 Å². The normalized spacial score (nSPS) is 10.9. The van der Waals surface area contributed by atoms with Crippen LogP contribution in [0.1, 0.15) is 21.5 Å². The van der Waals surface area contributed by atoms with Gasteiger partial charge in [0.1, 0.15) is 6.07 Å². The number of aromatic nitrogens is 1. The SMILES string of the molecule is COC(=O)c1cnc(-c2ccc(C(F)(F)F)cc2)cc1C#N. The standard InChI is InChI=1S/C15H9F3N2O2/c1-22-14(21)12-8-20-13(6-10(12)7-19)9-2-4-11(5-3-9)15(16,17)18/h2-6,8H,1H3. The lowest BCUT2D eigenvalue weighted by molar-refractivity contribution is -0.137. The molecule has 2 aromatic rings. The Morgan fingerprint density at radius 2 is 1.91 bits per heavy atom. The summed E-state index contributed by atoms with van der Waals surface area (Å²) >= 11 is 0. The average molecular weight is 306 g/mol. The summed E-state index contributed by atoms with van der Waals surface area (Å²) in [5, 5.41) is 9.05. The molecule has 0 N–H and O–H groups in total. The number of benzene rings is 1. The van der Waals surface area contributed by atoms with E-state index in [-0.39, 0.29) is 16.8 Å². The zero-order chi connectivity index (χ0) is 16.3. The van der Waals surface area contributed by atoms with E-state index in [0.29, 0.717) is 5.56 Å². The predicted molar refractivity (Wildman–Crippen MR) is 70.7 cm³/mol. The van der Waals surface area contributed by atoms with Gasteiger partial charge in [-0.2, -0.15) is 18.4 Å². The topological polar surface area (TPSA) is 63.0 Å². The number of hydrogen-bond acceptors (Lipinski definition) is 4. The van der Waals surface area contributed by atoms with Gasteiger partial charge in [-0.1, -0.05) is 12.1 Å². The molecular weight excluding hydrogens is 297 g/mol. The van der Waals surface area contributed by atoms with Gasteiger partial charge in [-0.3, -0.25) is 4.98 Å². The van der Waals surface area contributed by atoms with E-state index in [4.69, 9.17) is 5.26 Å². The van der Waals surface area contributed by atoms with E-state index in [2.05, 4.69) is 9.72 Å². The average Bonchev–Trinajstić information content (AvgIpc) is 2.52. The van der Waals surface area contributed by atoms with Gasteiger partial charge in [-0.05, 0) is 18.2 Å². The number of esters is 1. The number of rotatable bonds is 2. The minimum absolute atomic E-state index is 0.000613. The molecule has 112 valence electrons. The molecule has 4 nitrogen and oxygen atoms in total. The first-order valence-corrected chi connectivity index (χ1v) is 6.03. The van der Waals surface area contributed by atoms with Crippen molar-refractivity contribution in [3.63, 3.8) is 0 Å². The lowest BCUT2D eigenvalue weighted by Crippen LogP contribution is -2.06. The summed E-state index contributed by atoms with van der Waals surface area (Å²) < 4.78 is 42.1. The number of pyridine rings is 1. The van der Waals surface area contributed by atoms with Crippen LogP contribution >= 0.6 is 0 Å². The first-order valence-electron chi connectivity index (χ1n) is 6.03. The van der Waals surface area contributed by atoms with E-state index in [1.165, 1.54) is 25.3 Å². The summed E-state index contributed by atoms with van der Waals surface area (Å²) in [6.07, 6.45) is -3.25. The van der Waals surface area contributed by atoms with E-state index >= 15 is 0 Å². The molecule has 0 spiro atoms. The summed E-state index contributed by atoms with van der Waals surface area (Å²) in [4.78, 5) is 15.4. The molecule has 1 aromatic carbocycles. The Bertz CT molecular complexity index is 747. The molecule has 0 saturated heterocycles. The number of hydrogen-bond donors (Lipinski definition) is 0. The minimum Gasteiger partial charge on any atom is -0.465 e. The van der Waals surface area contributed by atoms with Gasteiger partial charge in [0.05, 0.1) is 29.5 Å². The molecule has 0 bridgehead atoms. The lowest BCUT2D eigenvalue weighted by atomic mass is 10.0. The number of methoxy groups -OCH3 is 1. The highest BCUT2D eigenvalue weighted by atomic mass is 19.4. The quantitative estimate of drug-likeness (QED) is 0.797. The Kier molecular flexibility index (Phi) is 4.13. The highest BCUT2D eigenvalue weighted by Gasteiger charge is 2.30. The second kappa shape index (κ2) is 5.85. The smallest absolute Gasteiger partial charge is 0.416 e. The Labute approximate surface area is 123 Å². The molecule has 2 rings (SSSR count). The molecule has 0 amide bonds. The summed E-state index contributed by atoms with van der Waals surface area (Å²) in [6, 6.07) is 7.53. The fourth-order valence-electron chi connectivity index (χ4n) is 1.81. The van der Waals surface area contributed by atoms with E-state index in [9.17, 15) is 18.0 Å². The Morgan fingerprint density at radius 3 is 2.41 bits per heavy atom.